The Hall–Kier alpha value is -3.56. The number of ether oxygens (including phenoxy) is 2. The highest BCUT2D eigenvalue weighted by molar-refractivity contribution is 5.79. The second-order valence-electron chi connectivity index (χ2n) is 7.47. The molecule has 0 radical (unpaired) electrons. The second kappa shape index (κ2) is 8.05. The first kappa shape index (κ1) is 18.5. The van der Waals surface area contributed by atoms with Crippen molar-refractivity contribution in [1.82, 2.24) is 35.1 Å². The molecule has 0 N–H and O–H groups in total. The van der Waals surface area contributed by atoms with Crippen LogP contribution in [0.4, 0.5) is 0 Å². The number of nitrogens with zero attached hydrogens (tertiary/aromatic N) is 7. The summed E-state index contributed by atoms with van der Waals surface area (Å²) in [6, 6.07) is 5.66. The average Bonchev–Trinajstić information content (AvgIpc) is 3.44. The minimum atomic E-state index is 0.116. The van der Waals surface area contributed by atoms with E-state index in [0.29, 0.717) is 36.8 Å². The van der Waals surface area contributed by atoms with E-state index in [1.165, 1.54) is 0 Å². The van der Waals surface area contributed by atoms with Crippen molar-refractivity contribution in [3.63, 3.8) is 0 Å². The Morgan fingerprint density at radius 3 is 3.03 bits per heavy atom. The molecule has 2 aliphatic heterocycles. The Morgan fingerprint density at radius 2 is 2.13 bits per heavy atom. The Morgan fingerprint density at radius 1 is 1.20 bits per heavy atom. The van der Waals surface area contributed by atoms with Crippen LogP contribution in [0.25, 0.3) is 11.5 Å². The van der Waals surface area contributed by atoms with E-state index in [2.05, 4.69) is 25.4 Å². The highest BCUT2D eigenvalue weighted by atomic mass is 16.7. The third kappa shape index (κ3) is 3.93. The van der Waals surface area contributed by atoms with Crippen molar-refractivity contribution >= 4 is 5.91 Å². The molecular weight excluding hydrogens is 386 g/mol. The van der Waals surface area contributed by atoms with Gasteiger partial charge in [-0.15, -0.1) is 10.2 Å². The van der Waals surface area contributed by atoms with Gasteiger partial charge in [0.05, 0.1) is 19.2 Å². The lowest BCUT2D eigenvalue weighted by Crippen LogP contribution is -2.42. The molecule has 154 valence electrons. The van der Waals surface area contributed by atoms with Crippen molar-refractivity contribution in [3.05, 3.63) is 42.4 Å². The van der Waals surface area contributed by atoms with Crippen LogP contribution in [0.15, 0.2) is 36.8 Å². The summed E-state index contributed by atoms with van der Waals surface area (Å²) in [6.07, 6.45) is 7.14. The summed E-state index contributed by atoms with van der Waals surface area (Å²) < 4.78 is 10.7. The summed E-state index contributed by atoms with van der Waals surface area (Å²) in [4.78, 5) is 24.6. The topological polar surface area (TPSA) is 108 Å². The molecule has 0 saturated carbocycles. The first-order valence-corrected chi connectivity index (χ1v) is 9.95. The summed E-state index contributed by atoms with van der Waals surface area (Å²) in [6.45, 7) is 2.30. The summed E-state index contributed by atoms with van der Waals surface area (Å²) in [5.41, 5.74) is 1.52. The van der Waals surface area contributed by atoms with Crippen LogP contribution in [0.3, 0.4) is 0 Å². The normalized spacial score (nSPS) is 17.9. The number of benzene rings is 1. The number of tetrazole rings is 1. The number of hydrogen-bond donors (Lipinski definition) is 0. The van der Waals surface area contributed by atoms with Gasteiger partial charge in [0.25, 0.3) is 0 Å². The summed E-state index contributed by atoms with van der Waals surface area (Å²) >= 11 is 0. The maximum atomic E-state index is 12.8. The van der Waals surface area contributed by atoms with Gasteiger partial charge in [-0.25, -0.2) is 4.98 Å². The van der Waals surface area contributed by atoms with Crippen molar-refractivity contribution in [1.29, 1.82) is 0 Å². The highest BCUT2D eigenvalue weighted by Gasteiger charge is 2.25. The SMILES string of the molecule is O=C(Cc1ccc2c(c1)OCO2)N1CCC[C@@H](Cn2nnc(-c3cnccn3)n2)C1. The number of amides is 1. The van der Waals surface area contributed by atoms with Gasteiger partial charge in [-0.3, -0.25) is 9.78 Å². The van der Waals surface area contributed by atoms with Gasteiger partial charge in [0.15, 0.2) is 11.5 Å². The third-order valence-corrected chi connectivity index (χ3v) is 5.33. The van der Waals surface area contributed by atoms with E-state index >= 15 is 0 Å². The van der Waals surface area contributed by atoms with Gasteiger partial charge in [0.2, 0.25) is 18.5 Å². The molecule has 1 fully saturated rings. The first-order valence-electron chi connectivity index (χ1n) is 9.95. The van der Waals surface area contributed by atoms with Crippen LogP contribution < -0.4 is 9.47 Å². The van der Waals surface area contributed by atoms with Crippen LogP contribution in [-0.4, -0.2) is 60.9 Å². The molecule has 0 bridgehead atoms. The molecule has 1 aromatic carbocycles. The predicted octanol–water partition coefficient (Wildman–Crippen LogP) is 1.34. The molecule has 5 rings (SSSR count). The second-order valence-corrected chi connectivity index (χ2v) is 7.47. The van der Waals surface area contributed by atoms with Gasteiger partial charge in [-0.2, -0.15) is 4.80 Å². The van der Waals surface area contributed by atoms with Crippen molar-refractivity contribution in [2.75, 3.05) is 19.9 Å². The lowest BCUT2D eigenvalue weighted by atomic mass is 9.97. The number of hydrogen-bond acceptors (Lipinski definition) is 8. The minimum Gasteiger partial charge on any atom is -0.454 e. The van der Waals surface area contributed by atoms with E-state index < -0.39 is 0 Å². The molecule has 3 aromatic rings. The molecule has 4 heterocycles. The summed E-state index contributed by atoms with van der Waals surface area (Å²) in [5, 5.41) is 12.6. The lowest BCUT2D eigenvalue weighted by Gasteiger charge is -2.32. The summed E-state index contributed by atoms with van der Waals surface area (Å²) in [7, 11) is 0. The van der Waals surface area contributed by atoms with Gasteiger partial charge in [0, 0.05) is 25.5 Å². The smallest absolute Gasteiger partial charge is 0.231 e. The average molecular weight is 407 g/mol. The molecule has 1 saturated heterocycles. The zero-order valence-electron chi connectivity index (χ0n) is 16.3. The molecule has 2 aliphatic rings. The van der Waals surface area contributed by atoms with Crippen LogP contribution in [0.5, 0.6) is 11.5 Å². The van der Waals surface area contributed by atoms with Gasteiger partial charge in [0.1, 0.15) is 5.69 Å². The molecule has 10 nitrogen and oxygen atoms in total. The Labute approximate surface area is 172 Å². The van der Waals surface area contributed by atoms with Crippen LogP contribution in [0, 0.1) is 5.92 Å². The fourth-order valence-electron chi connectivity index (χ4n) is 3.85. The number of aromatic nitrogens is 6. The Kier molecular flexibility index (Phi) is 4.96. The van der Waals surface area contributed by atoms with E-state index in [1.54, 1.807) is 23.4 Å². The van der Waals surface area contributed by atoms with Gasteiger partial charge < -0.3 is 14.4 Å². The lowest BCUT2D eigenvalue weighted by molar-refractivity contribution is -0.132. The molecule has 30 heavy (non-hydrogen) atoms. The Bertz CT molecular complexity index is 1040. The van der Waals surface area contributed by atoms with E-state index in [0.717, 1.165) is 30.7 Å². The van der Waals surface area contributed by atoms with E-state index in [1.807, 2.05) is 23.1 Å². The number of fused-ring (bicyclic) bond motifs is 1. The van der Waals surface area contributed by atoms with Crippen molar-refractivity contribution < 1.29 is 14.3 Å². The maximum Gasteiger partial charge on any atom is 0.231 e. The zero-order valence-corrected chi connectivity index (χ0v) is 16.3. The van der Waals surface area contributed by atoms with Crippen LogP contribution in [-0.2, 0) is 17.8 Å². The number of carbonyl (C=O) groups excluding carboxylic acids is 1. The third-order valence-electron chi connectivity index (χ3n) is 5.33. The molecule has 0 unspecified atom stereocenters. The first-order chi connectivity index (χ1) is 14.7. The van der Waals surface area contributed by atoms with Gasteiger partial charge >= 0.3 is 0 Å². The highest BCUT2D eigenvalue weighted by Crippen LogP contribution is 2.32. The molecule has 0 aliphatic carbocycles. The number of carbonyl (C=O) groups is 1. The molecule has 0 spiro atoms. The van der Waals surface area contributed by atoms with E-state index in [4.69, 9.17) is 9.47 Å². The summed E-state index contributed by atoms with van der Waals surface area (Å²) in [5.74, 6) is 2.28. The van der Waals surface area contributed by atoms with Crippen molar-refractivity contribution in [3.8, 4) is 23.0 Å². The fraction of sp³-hybridized carbons (Fsp3) is 0.400. The zero-order chi connectivity index (χ0) is 20.3. The quantitative estimate of drug-likeness (QED) is 0.623. The molecule has 10 heteroatoms. The van der Waals surface area contributed by atoms with Crippen LogP contribution in [0.2, 0.25) is 0 Å². The predicted molar refractivity (Wildman–Crippen MR) is 104 cm³/mol. The van der Waals surface area contributed by atoms with Gasteiger partial charge in [-0.1, -0.05) is 6.07 Å². The number of piperidine rings is 1. The van der Waals surface area contributed by atoms with Crippen molar-refractivity contribution in [2.45, 2.75) is 25.8 Å². The molecular formula is C20H21N7O3. The fourth-order valence-corrected chi connectivity index (χ4v) is 3.85. The van der Waals surface area contributed by atoms with E-state index in [9.17, 15) is 4.79 Å². The van der Waals surface area contributed by atoms with Gasteiger partial charge in [-0.05, 0) is 41.7 Å². The molecule has 1 atom stereocenters. The van der Waals surface area contributed by atoms with Crippen LogP contribution in [0.1, 0.15) is 18.4 Å². The number of likely N-dealkylation sites (tertiary alicyclic amines) is 1. The van der Waals surface area contributed by atoms with Crippen LogP contribution >= 0.6 is 0 Å². The monoisotopic (exact) mass is 407 g/mol. The Balaban J connectivity index is 1.20. The maximum absolute atomic E-state index is 12.8. The molecule has 2 aromatic heterocycles. The number of rotatable bonds is 5. The molecule has 1 amide bonds. The minimum absolute atomic E-state index is 0.116. The van der Waals surface area contributed by atoms with E-state index in [-0.39, 0.29) is 18.6 Å². The largest absolute Gasteiger partial charge is 0.454 e. The standard InChI is InChI=1S/C20H21N7O3/c28-19(9-14-3-4-17-18(8-14)30-13-29-17)26-7-1-2-15(11-26)12-27-24-20(23-25-27)16-10-21-5-6-22-16/h3-6,8,10,15H,1-2,7,9,11-13H2/t15-/m1/s1. The van der Waals surface area contributed by atoms with Crippen molar-refractivity contribution in [2.24, 2.45) is 5.92 Å².